The van der Waals surface area contributed by atoms with Crippen LogP contribution in [-0.2, 0) is 13.0 Å². The molecule has 0 radical (unpaired) electrons. The fourth-order valence-corrected chi connectivity index (χ4v) is 2.47. The van der Waals surface area contributed by atoms with Crippen LogP contribution in [0, 0.1) is 0 Å². The van der Waals surface area contributed by atoms with Gasteiger partial charge in [0.05, 0.1) is 0 Å². The van der Waals surface area contributed by atoms with Crippen LogP contribution in [0.5, 0.6) is 0 Å². The highest BCUT2D eigenvalue weighted by atomic mass is 79.9. The Bertz CT molecular complexity index is 597. The summed E-state index contributed by atoms with van der Waals surface area (Å²) < 4.78 is 39.2. The van der Waals surface area contributed by atoms with E-state index in [0.29, 0.717) is 29.3 Å². The molecular weight excluding hydrogens is 359 g/mol. The molecule has 0 amide bonds. The summed E-state index contributed by atoms with van der Waals surface area (Å²) in [6, 6.07) is 1.79. The lowest BCUT2D eigenvalue weighted by molar-refractivity contribution is -0.135. The highest BCUT2D eigenvalue weighted by Gasteiger charge is 2.26. The summed E-state index contributed by atoms with van der Waals surface area (Å²) in [6.07, 6.45) is -2.85. The molecular formula is C12H12BrClF3N3. The molecule has 0 saturated heterocycles. The van der Waals surface area contributed by atoms with Gasteiger partial charge in [-0.2, -0.15) is 13.2 Å². The quantitative estimate of drug-likeness (QED) is 0.734. The number of rotatable bonds is 5. The zero-order chi connectivity index (χ0) is 14.8. The van der Waals surface area contributed by atoms with Gasteiger partial charge in [0.25, 0.3) is 0 Å². The molecule has 0 atom stereocenters. The lowest BCUT2D eigenvalue weighted by Gasteiger charge is -2.09. The minimum Gasteiger partial charge on any atom is -0.313 e. The average molecular weight is 371 g/mol. The maximum absolute atomic E-state index is 12.2. The number of imidazole rings is 1. The highest BCUT2D eigenvalue weighted by molar-refractivity contribution is 9.10. The Kier molecular flexibility index (Phi) is 4.90. The molecule has 0 bridgehead atoms. The average Bonchev–Trinajstić information content (AvgIpc) is 2.65. The van der Waals surface area contributed by atoms with Gasteiger partial charge in [-0.25, -0.2) is 9.97 Å². The van der Waals surface area contributed by atoms with Crippen molar-refractivity contribution >= 4 is 38.7 Å². The summed E-state index contributed by atoms with van der Waals surface area (Å²) in [5.41, 5.74) is 1.25. The van der Waals surface area contributed by atoms with E-state index in [4.69, 9.17) is 11.6 Å². The molecule has 2 aromatic rings. The lowest BCUT2D eigenvalue weighted by Crippen LogP contribution is -2.11. The first-order chi connectivity index (χ1) is 9.40. The Hall–Kier alpha value is -0.820. The normalized spacial score (nSPS) is 12.2. The fraction of sp³-hybridized carbons (Fsp3) is 0.500. The van der Waals surface area contributed by atoms with Crippen molar-refractivity contribution in [2.45, 2.75) is 32.0 Å². The molecule has 0 aromatic carbocycles. The monoisotopic (exact) mass is 369 g/mol. The predicted molar refractivity (Wildman–Crippen MR) is 74.9 cm³/mol. The van der Waals surface area contributed by atoms with Crippen LogP contribution in [0.25, 0.3) is 11.2 Å². The minimum absolute atomic E-state index is 0.00197. The van der Waals surface area contributed by atoms with Crippen LogP contribution in [0.15, 0.2) is 16.7 Å². The van der Waals surface area contributed by atoms with Crippen molar-refractivity contribution in [2.24, 2.45) is 0 Å². The van der Waals surface area contributed by atoms with E-state index in [1.165, 1.54) is 0 Å². The summed E-state index contributed by atoms with van der Waals surface area (Å²) in [7, 11) is 0. The molecule has 110 valence electrons. The van der Waals surface area contributed by atoms with Crippen molar-refractivity contribution in [3.05, 3.63) is 22.6 Å². The number of fused-ring (bicyclic) bond motifs is 1. The van der Waals surface area contributed by atoms with E-state index in [1.807, 2.05) is 0 Å². The SMILES string of the molecule is FC(F)(F)CCCn1c(CCCl)nc2cc(Br)cnc21. The van der Waals surface area contributed by atoms with E-state index in [1.54, 1.807) is 16.8 Å². The molecule has 0 spiro atoms. The van der Waals surface area contributed by atoms with Crippen molar-refractivity contribution in [1.29, 1.82) is 0 Å². The fourth-order valence-electron chi connectivity index (χ4n) is 1.98. The van der Waals surface area contributed by atoms with Crippen molar-refractivity contribution in [1.82, 2.24) is 14.5 Å². The van der Waals surface area contributed by atoms with E-state index in [2.05, 4.69) is 25.9 Å². The van der Waals surface area contributed by atoms with Gasteiger partial charge in [0.1, 0.15) is 11.3 Å². The molecule has 0 aliphatic heterocycles. The molecule has 0 fully saturated rings. The number of pyridine rings is 1. The molecule has 0 aliphatic rings. The Morgan fingerprint density at radius 3 is 2.75 bits per heavy atom. The number of aryl methyl sites for hydroxylation is 2. The minimum atomic E-state index is -4.14. The van der Waals surface area contributed by atoms with Gasteiger partial charge >= 0.3 is 6.18 Å². The number of alkyl halides is 4. The van der Waals surface area contributed by atoms with Gasteiger partial charge in [-0.05, 0) is 28.4 Å². The van der Waals surface area contributed by atoms with Gasteiger partial charge in [0.2, 0.25) is 0 Å². The van der Waals surface area contributed by atoms with Gasteiger partial charge in [-0.1, -0.05) is 0 Å². The number of hydrogen-bond acceptors (Lipinski definition) is 2. The van der Waals surface area contributed by atoms with Crippen LogP contribution < -0.4 is 0 Å². The Balaban J connectivity index is 2.26. The third-order valence-corrected chi connectivity index (χ3v) is 3.41. The summed E-state index contributed by atoms with van der Waals surface area (Å²) in [6.45, 7) is 0.233. The molecule has 0 aliphatic carbocycles. The zero-order valence-electron chi connectivity index (χ0n) is 10.4. The zero-order valence-corrected chi connectivity index (χ0v) is 12.8. The summed E-state index contributed by atoms with van der Waals surface area (Å²) in [5.74, 6) is 1.03. The lowest BCUT2D eigenvalue weighted by atomic mass is 10.3. The van der Waals surface area contributed by atoms with Gasteiger partial charge in [0.15, 0.2) is 5.65 Å². The third-order valence-electron chi connectivity index (χ3n) is 2.79. The maximum atomic E-state index is 12.2. The topological polar surface area (TPSA) is 30.7 Å². The van der Waals surface area contributed by atoms with E-state index in [-0.39, 0.29) is 13.0 Å². The molecule has 3 nitrogen and oxygen atoms in total. The second-order valence-electron chi connectivity index (χ2n) is 4.33. The summed E-state index contributed by atoms with van der Waals surface area (Å²) in [4.78, 5) is 8.61. The smallest absolute Gasteiger partial charge is 0.313 e. The molecule has 2 heterocycles. The first-order valence-electron chi connectivity index (χ1n) is 6.04. The Morgan fingerprint density at radius 1 is 1.35 bits per heavy atom. The van der Waals surface area contributed by atoms with Crippen molar-refractivity contribution in [2.75, 3.05) is 5.88 Å². The van der Waals surface area contributed by atoms with Gasteiger partial charge in [0, 0.05) is 35.9 Å². The number of nitrogens with zero attached hydrogens (tertiary/aromatic N) is 3. The highest BCUT2D eigenvalue weighted by Crippen LogP contribution is 2.24. The van der Waals surface area contributed by atoms with E-state index < -0.39 is 12.6 Å². The van der Waals surface area contributed by atoms with Crippen molar-refractivity contribution < 1.29 is 13.2 Å². The number of aromatic nitrogens is 3. The number of hydrogen-bond donors (Lipinski definition) is 0. The van der Waals surface area contributed by atoms with E-state index in [0.717, 1.165) is 4.47 Å². The molecule has 2 rings (SSSR count). The van der Waals surface area contributed by atoms with Gasteiger partial charge < -0.3 is 4.57 Å². The van der Waals surface area contributed by atoms with E-state index >= 15 is 0 Å². The Morgan fingerprint density at radius 2 is 2.10 bits per heavy atom. The molecule has 0 saturated carbocycles. The van der Waals surface area contributed by atoms with Crippen LogP contribution in [0.3, 0.4) is 0 Å². The molecule has 2 aromatic heterocycles. The first-order valence-corrected chi connectivity index (χ1v) is 7.37. The maximum Gasteiger partial charge on any atom is 0.389 e. The second kappa shape index (κ2) is 6.30. The Labute approximate surface area is 127 Å². The van der Waals surface area contributed by atoms with Gasteiger partial charge in [-0.15, -0.1) is 11.6 Å². The van der Waals surface area contributed by atoms with Crippen LogP contribution >= 0.6 is 27.5 Å². The first kappa shape index (κ1) is 15.6. The largest absolute Gasteiger partial charge is 0.389 e. The number of halogens is 5. The van der Waals surface area contributed by atoms with Crippen LogP contribution in [-0.4, -0.2) is 26.6 Å². The van der Waals surface area contributed by atoms with Crippen LogP contribution in [0.2, 0.25) is 0 Å². The molecule has 20 heavy (non-hydrogen) atoms. The predicted octanol–water partition coefficient (Wildman–Crippen LogP) is 4.32. The van der Waals surface area contributed by atoms with Crippen molar-refractivity contribution in [3.63, 3.8) is 0 Å². The van der Waals surface area contributed by atoms with Crippen LogP contribution in [0.1, 0.15) is 18.7 Å². The van der Waals surface area contributed by atoms with Gasteiger partial charge in [-0.3, -0.25) is 0 Å². The molecule has 0 N–H and O–H groups in total. The third kappa shape index (κ3) is 3.85. The molecule has 8 heteroatoms. The van der Waals surface area contributed by atoms with E-state index in [9.17, 15) is 13.2 Å². The summed E-state index contributed by atoms with van der Waals surface area (Å²) >= 11 is 9.01. The summed E-state index contributed by atoms with van der Waals surface area (Å²) in [5, 5.41) is 0. The molecule has 0 unspecified atom stereocenters. The second-order valence-corrected chi connectivity index (χ2v) is 5.63. The standard InChI is InChI=1S/C12H12BrClF3N3/c13-8-6-9-11(18-7-8)20(10(19-9)2-4-14)5-1-3-12(15,16)17/h6-7H,1-5H2. The van der Waals surface area contributed by atoms with Crippen molar-refractivity contribution in [3.8, 4) is 0 Å². The van der Waals surface area contributed by atoms with Crippen LogP contribution in [0.4, 0.5) is 13.2 Å².